The fourth-order valence-electron chi connectivity index (χ4n) is 2.31. The molecule has 20 heavy (non-hydrogen) atoms. The number of hydrogen-bond acceptors (Lipinski definition) is 4. The lowest BCUT2D eigenvalue weighted by atomic mass is 10.0. The minimum absolute atomic E-state index is 0.149. The molecule has 1 heterocycles. The lowest BCUT2D eigenvalue weighted by molar-refractivity contribution is -0.141. The molecule has 0 aliphatic carbocycles. The Balaban J connectivity index is 2.35. The van der Waals surface area contributed by atoms with Gasteiger partial charge in [0.1, 0.15) is 10.7 Å². The molecule has 2 atom stereocenters. The fourth-order valence-corrected chi connectivity index (χ4v) is 4.47. The largest absolute Gasteiger partial charge is 0.481 e. The van der Waals surface area contributed by atoms with Crippen molar-refractivity contribution in [2.24, 2.45) is 5.92 Å². The highest BCUT2D eigenvalue weighted by Gasteiger charge is 2.31. The number of nitrogens with one attached hydrogen (secondary N) is 1. The number of carboxylic acid groups (broad SMARTS) is 1. The quantitative estimate of drug-likeness (QED) is 0.851. The van der Waals surface area contributed by atoms with Crippen LogP contribution in [0.4, 0.5) is 4.39 Å². The maximum Gasteiger partial charge on any atom is 0.307 e. The molecule has 1 saturated heterocycles. The minimum atomic E-state index is -3.67. The van der Waals surface area contributed by atoms with Crippen LogP contribution in [0.5, 0.6) is 0 Å². The van der Waals surface area contributed by atoms with Gasteiger partial charge in [-0.05, 0) is 40.0 Å². The molecule has 0 saturated carbocycles. The third kappa shape index (κ3) is 3.02. The second-order valence-electron chi connectivity index (χ2n) is 4.82. The monoisotopic (exact) mass is 365 g/mol. The van der Waals surface area contributed by atoms with Gasteiger partial charge in [-0.3, -0.25) is 4.79 Å². The first-order valence-corrected chi connectivity index (χ1v) is 8.53. The molecule has 5 nitrogen and oxygen atoms in total. The topological polar surface area (TPSA) is 83.5 Å². The number of carboxylic acids is 1. The standard InChI is InChI=1S/C12H13BrFNO4S/c1-20(18,19)11-8(13)2-6(3-9(11)14)10-4-7(5-15-10)12(16)17/h2-3,7,10,15H,4-5H2,1H3,(H,16,17). The Bertz CT molecular complexity index is 638. The summed E-state index contributed by atoms with van der Waals surface area (Å²) in [6.45, 7) is 0.313. The molecule has 1 aliphatic rings. The lowest BCUT2D eigenvalue weighted by Crippen LogP contribution is -2.17. The van der Waals surface area contributed by atoms with Gasteiger partial charge < -0.3 is 10.4 Å². The van der Waals surface area contributed by atoms with Crippen LogP contribution in [0.2, 0.25) is 0 Å². The molecule has 0 amide bonds. The number of halogens is 2. The van der Waals surface area contributed by atoms with Gasteiger partial charge in [-0.1, -0.05) is 0 Å². The third-order valence-corrected chi connectivity index (χ3v) is 5.32. The van der Waals surface area contributed by atoms with Crippen LogP contribution in [-0.2, 0) is 14.6 Å². The van der Waals surface area contributed by atoms with Gasteiger partial charge in [0, 0.05) is 23.3 Å². The summed E-state index contributed by atoms with van der Waals surface area (Å²) in [6, 6.07) is 2.36. The second kappa shape index (κ2) is 5.42. The number of aliphatic carboxylic acids is 1. The first kappa shape index (κ1) is 15.4. The molecule has 0 spiro atoms. The van der Waals surface area contributed by atoms with Crippen molar-refractivity contribution in [3.8, 4) is 0 Å². The first-order valence-electron chi connectivity index (χ1n) is 5.85. The van der Waals surface area contributed by atoms with E-state index >= 15 is 0 Å². The van der Waals surface area contributed by atoms with Gasteiger partial charge in [0.05, 0.1) is 5.92 Å². The van der Waals surface area contributed by atoms with Gasteiger partial charge >= 0.3 is 5.97 Å². The van der Waals surface area contributed by atoms with Crippen LogP contribution in [0.3, 0.4) is 0 Å². The molecular formula is C12H13BrFNO4S. The molecule has 1 aliphatic heterocycles. The van der Waals surface area contributed by atoms with E-state index in [1.54, 1.807) is 0 Å². The van der Waals surface area contributed by atoms with E-state index in [4.69, 9.17) is 5.11 Å². The number of rotatable bonds is 3. The molecule has 2 rings (SSSR count). The van der Waals surface area contributed by atoms with Crippen LogP contribution in [0.25, 0.3) is 0 Å². The number of carbonyl (C=O) groups is 1. The Hall–Kier alpha value is -0.990. The third-order valence-electron chi connectivity index (χ3n) is 3.27. The van der Waals surface area contributed by atoms with E-state index < -0.39 is 27.5 Å². The van der Waals surface area contributed by atoms with E-state index in [-0.39, 0.29) is 15.4 Å². The molecule has 1 aromatic carbocycles. The van der Waals surface area contributed by atoms with Gasteiger partial charge in [-0.2, -0.15) is 0 Å². The van der Waals surface area contributed by atoms with Crippen molar-refractivity contribution in [2.75, 3.05) is 12.8 Å². The molecule has 0 bridgehead atoms. The maximum atomic E-state index is 14.0. The summed E-state index contributed by atoms with van der Waals surface area (Å²) in [5.74, 6) is -2.25. The van der Waals surface area contributed by atoms with E-state index in [9.17, 15) is 17.6 Å². The number of sulfone groups is 1. The molecule has 1 fully saturated rings. The SMILES string of the molecule is CS(=O)(=O)c1c(F)cc(C2CC(C(=O)O)CN2)cc1Br. The van der Waals surface area contributed by atoms with Gasteiger partial charge in [0.15, 0.2) is 9.84 Å². The van der Waals surface area contributed by atoms with Crippen molar-refractivity contribution in [3.05, 3.63) is 28.0 Å². The fraction of sp³-hybridized carbons (Fsp3) is 0.417. The van der Waals surface area contributed by atoms with E-state index in [0.29, 0.717) is 18.5 Å². The number of hydrogen-bond donors (Lipinski definition) is 2. The minimum Gasteiger partial charge on any atom is -0.481 e. The molecule has 8 heteroatoms. The highest BCUT2D eigenvalue weighted by atomic mass is 79.9. The predicted octanol–water partition coefficient (Wildman–Crippen LogP) is 1.73. The van der Waals surface area contributed by atoms with Crippen LogP contribution >= 0.6 is 15.9 Å². The molecule has 0 aromatic heterocycles. The van der Waals surface area contributed by atoms with Gasteiger partial charge in [-0.25, -0.2) is 12.8 Å². The Morgan fingerprint density at radius 1 is 1.50 bits per heavy atom. The Labute approximate surface area is 124 Å². The zero-order valence-corrected chi connectivity index (χ0v) is 13.0. The molecule has 2 unspecified atom stereocenters. The number of benzene rings is 1. The zero-order valence-electron chi connectivity index (χ0n) is 10.6. The maximum absolute atomic E-state index is 14.0. The van der Waals surface area contributed by atoms with Gasteiger partial charge in [0.25, 0.3) is 0 Å². The summed E-state index contributed by atoms with van der Waals surface area (Å²) in [5.41, 5.74) is 0.533. The van der Waals surface area contributed by atoms with Crippen molar-refractivity contribution in [3.63, 3.8) is 0 Å². The molecule has 1 aromatic rings. The summed E-state index contributed by atoms with van der Waals surface area (Å²) in [7, 11) is -3.67. The Morgan fingerprint density at radius 3 is 2.60 bits per heavy atom. The van der Waals surface area contributed by atoms with Crippen molar-refractivity contribution < 1.29 is 22.7 Å². The van der Waals surface area contributed by atoms with Gasteiger partial charge in [0.2, 0.25) is 0 Å². The van der Waals surface area contributed by atoms with Crippen LogP contribution in [0.1, 0.15) is 18.0 Å². The molecular weight excluding hydrogens is 353 g/mol. The summed E-state index contributed by atoms with van der Waals surface area (Å²) in [6.07, 6.45) is 1.28. The zero-order chi connectivity index (χ0) is 15.1. The van der Waals surface area contributed by atoms with Crippen molar-refractivity contribution in [2.45, 2.75) is 17.4 Å². The van der Waals surface area contributed by atoms with E-state index in [0.717, 1.165) is 12.3 Å². The molecule has 2 N–H and O–H groups in total. The molecule has 110 valence electrons. The van der Waals surface area contributed by atoms with E-state index in [1.807, 2.05) is 0 Å². The average molecular weight is 366 g/mol. The highest BCUT2D eigenvalue weighted by molar-refractivity contribution is 9.10. The smallest absolute Gasteiger partial charge is 0.307 e. The van der Waals surface area contributed by atoms with E-state index in [1.165, 1.54) is 6.07 Å². The van der Waals surface area contributed by atoms with Gasteiger partial charge in [-0.15, -0.1) is 0 Å². The first-order chi connectivity index (χ1) is 9.20. The normalized spacial score (nSPS) is 22.9. The second-order valence-corrected chi connectivity index (χ2v) is 7.62. The van der Waals surface area contributed by atoms with Crippen molar-refractivity contribution in [1.29, 1.82) is 0 Å². The lowest BCUT2D eigenvalue weighted by Gasteiger charge is -2.13. The van der Waals surface area contributed by atoms with Crippen molar-refractivity contribution >= 4 is 31.7 Å². The highest BCUT2D eigenvalue weighted by Crippen LogP contribution is 2.33. The summed E-state index contributed by atoms with van der Waals surface area (Å²) in [5, 5.41) is 11.9. The Morgan fingerprint density at radius 2 is 2.15 bits per heavy atom. The predicted molar refractivity (Wildman–Crippen MR) is 73.7 cm³/mol. The average Bonchev–Trinajstić information content (AvgIpc) is 2.74. The van der Waals surface area contributed by atoms with Crippen molar-refractivity contribution in [1.82, 2.24) is 5.32 Å². The van der Waals surface area contributed by atoms with Crippen LogP contribution < -0.4 is 5.32 Å². The van der Waals surface area contributed by atoms with Crippen LogP contribution in [0.15, 0.2) is 21.5 Å². The van der Waals surface area contributed by atoms with Crippen LogP contribution in [-0.4, -0.2) is 32.3 Å². The molecule has 0 radical (unpaired) electrons. The summed E-state index contributed by atoms with van der Waals surface area (Å²) >= 11 is 3.06. The summed E-state index contributed by atoms with van der Waals surface area (Å²) < 4.78 is 37.1. The summed E-state index contributed by atoms with van der Waals surface area (Å²) in [4.78, 5) is 10.5. The Kier molecular flexibility index (Phi) is 4.17. The van der Waals surface area contributed by atoms with Crippen LogP contribution in [0, 0.1) is 11.7 Å². The van der Waals surface area contributed by atoms with E-state index in [2.05, 4.69) is 21.2 Å².